The number of oxazole rings is 1. The molecule has 0 aliphatic carbocycles. The zero-order valence-electron chi connectivity index (χ0n) is 11.5. The summed E-state index contributed by atoms with van der Waals surface area (Å²) >= 11 is 0. The number of anilines is 1. The molecule has 1 saturated heterocycles. The van der Waals surface area contributed by atoms with Crippen LogP contribution < -0.4 is 4.90 Å². The van der Waals surface area contributed by atoms with E-state index in [4.69, 9.17) is 9.52 Å². The average Bonchev–Trinajstić information content (AvgIpc) is 2.90. The third-order valence-electron chi connectivity index (χ3n) is 4.09. The number of hydrogen-bond acceptors (Lipinski definition) is 4. The molecular weight excluding hydrogens is 256 g/mol. The highest BCUT2D eigenvalue weighted by Gasteiger charge is 2.21. The normalized spacial score (nSPS) is 16.8. The van der Waals surface area contributed by atoms with Crippen LogP contribution in [0.4, 0.5) is 6.01 Å². The maximum Gasteiger partial charge on any atom is 0.335 e. The molecule has 0 spiro atoms. The lowest BCUT2D eigenvalue weighted by Crippen LogP contribution is -2.33. The fraction of sp³-hybridized carbons (Fsp3) is 0.467. The Bertz CT molecular complexity index is 627. The van der Waals surface area contributed by atoms with E-state index in [2.05, 4.69) is 16.8 Å². The van der Waals surface area contributed by atoms with E-state index in [1.54, 1.807) is 12.1 Å². The number of nitrogens with zero attached hydrogens (tertiary/aromatic N) is 2. The van der Waals surface area contributed by atoms with E-state index in [9.17, 15) is 4.79 Å². The first-order chi connectivity index (χ1) is 9.67. The smallest absolute Gasteiger partial charge is 0.335 e. The van der Waals surface area contributed by atoms with E-state index in [1.807, 2.05) is 0 Å². The molecule has 1 N–H and O–H groups in total. The van der Waals surface area contributed by atoms with Crippen molar-refractivity contribution in [2.24, 2.45) is 5.92 Å². The van der Waals surface area contributed by atoms with Gasteiger partial charge in [0.25, 0.3) is 6.01 Å². The van der Waals surface area contributed by atoms with Gasteiger partial charge in [-0.2, -0.15) is 4.98 Å². The molecule has 0 amide bonds. The van der Waals surface area contributed by atoms with Crippen molar-refractivity contribution in [2.75, 3.05) is 18.0 Å². The van der Waals surface area contributed by atoms with Crippen molar-refractivity contribution in [3.8, 4) is 0 Å². The van der Waals surface area contributed by atoms with Crippen LogP contribution in [0, 0.1) is 5.92 Å². The summed E-state index contributed by atoms with van der Waals surface area (Å²) in [7, 11) is 0. The Balaban J connectivity index is 1.84. The summed E-state index contributed by atoms with van der Waals surface area (Å²) in [5.74, 6) is -0.150. The fourth-order valence-corrected chi connectivity index (χ4v) is 2.71. The Hall–Kier alpha value is -2.04. The van der Waals surface area contributed by atoms with E-state index in [0.717, 1.165) is 31.8 Å². The first kappa shape index (κ1) is 13.0. The molecule has 1 aromatic carbocycles. The highest BCUT2D eigenvalue weighted by atomic mass is 16.4. The van der Waals surface area contributed by atoms with Gasteiger partial charge in [0, 0.05) is 13.1 Å². The second-order valence-corrected chi connectivity index (χ2v) is 5.32. The maximum absolute atomic E-state index is 10.9. The largest absolute Gasteiger partial charge is 0.478 e. The number of aromatic nitrogens is 1. The van der Waals surface area contributed by atoms with Gasteiger partial charge < -0.3 is 14.4 Å². The number of carboxylic acid groups (broad SMARTS) is 1. The minimum atomic E-state index is -0.950. The van der Waals surface area contributed by atoms with Gasteiger partial charge in [0.1, 0.15) is 5.52 Å². The van der Waals surface area contributed by atoms with Gasteiger partial charge >= 0.3 is 5.97 Å². The number of rotatable bonds is 3. The molecule has 0 unspecified atom stereocenters. The van der Waals surface area contributed by atoms with Crippen LogP contribution in [-0.2, 0) is 0 Å². The van der Waals surface area contributed by atoms with Crippen LogP contribution in [0.5, 0.6) is 0 Å². The van der Waals surface area contributed by atoms with Gasteiger partial charge in [-0.15, -0.1) is 0 Å². The van der Waals surface area contributed by atoms with Gasteiger partial charge in [-0.1, -0.05) is 13.3 Å². The number of carbonyl (C=O) groups is 1. The van der Waals surface area contributed by atoms with E-state index in [-0.39, 0.29) is 5.56 Å². The Morgan fingerprint density at radius 2 is 2.20 bits per heavy atom. The van der Waals surface area contributed by atoms with Crippen LogP contribution in [0.15, 0.2) is 22.6 Å². The van der Waals surface area contributed by atoms with E-state index in [0.29, 0.717) is 17.1 Å². The molecule has 2 heterocycles. The molecule has 106 valence electrons. The Morgan fingerprint density at radius 1 is 1.45 bits per heavy atom. The summed E-state index contributed by atoms with van der Waals surface area (Å²) in [6.07, 6.45) is 3.55. The second kappa shape index (κ2) is 5.15. The molecule has 20 heavy (non-hydrogen) atoms. The van der Waals surface area contributed by atoms with E-state index < -0.39 is 5.97 Å². The highest BCUT2D eigenvalue weighted by Crippen LogP contribution is 2.27. The number of benzene rings is 1. The highest BCUT2D eigenvalue weighted by molar-refractivity contribution is 5.92. The van der Waals surface area contributed by atoms with Gasteiger partial charge in [0.15, 0.2) is 5.58 Å². The second-order valence-electron chi connectivity index (χ2n) is 5.32. The van der Waals surface area contributed by atoms with Crippen LogP contribution in [0.1, 0.15) is 36.5 Å². The predicted molar refractivity (Wildman–Crippen MR) is 76.2 cm³/mol. The van der Waals surface area contributed by atoms with Crippen LogP contribution >= 0.6 is 0 Å². The predicted octanol–water partition coefficient (Wildman–Crippen LogP) is 3.15. The first-order valence-electron chi connectivity index (χ1n) is 7.06. The molecule has 1 fully saturated rings. The van der Waals surface area contributed by atoms with Crippen molar-refractivity contribution in [2.45, 2.75) is 26.2 Å². The van der Waals surface area contributed by atoms with Crippen LogP contribution in [-0.4, -0.2) is 29.1 Å². The summed E-state index contributed by atoms with van der Waals surface area (Å²) in [4.78, 5) is 17.5. The van der Waals surface area contributed by atoms with Gasteiger partial charge in [-0.05, 0) is 37.0 Å². The van der Waals surface area contributed by atoms with Crippen molar-refractivity contribution in [3.05, 3.63) is 23.8 Å². The third-order valence-corrected chi connectivity index (χ3v) is 4.09. The van der Waals surface area contributed by atoms with Crippen molar-refractivity contribution in [3.63, 3.8) is 0 Å². The zero-order chi connectivity index (χ0) is 14.1. The molecular formula is C15H18N2O3. The van der Waals surface area contributed by atoms with E-state index >= 15 is 0 Å². The van der Waals surface area contributed by atoms with Crippen molar-refractivity contribution in [1.29, 1.82) is 0 Å². The van der Waals surface area contributed by atoms with Gasteiger partial charge in [-0.25, -0.2) is 4.79 Å². The van der Waals surface area contributed by atoms with E-state index in [1.165, 1.54) is 12.5 Å². The molecule has 0 saturated carbocycles. The summed E-state index contributed by atoms with van der Waals surface area (Å²) in [6, 6.07) is 5.40. The Morgan fingerprint density at radius 3 is 2.85 bits per heavy atom. The number of fused-ring (bicyclic) bond motifs is 1. The molecule has 0 atom stereocenters. The van der Waals surface area contributed by atoms with Gasteiger partial charge in [-0.3, -0.25) is 0 Å². The third kappa shape index (κ3) is 2.35. The SMILES string of the molecule is CCC1CCN(c2nc3ccc(C(=O)O)cc3o2)CC1. The topological polar surface area (TPSA) is 66.6 Å². The van der Waals surface area contributed by atoms with Crippen LogP contribution in [0.25, 0.3) is 11.1 Å². The van der Waals surface area contributed by atoms with Crippen LogP contribution in [0.3, 0.4) is 0 Å². The summed E-state index contributed by atoms with van der Waals surface area (Å²) in [5.41, 5.74) is 1.48. The minimum Gasteiger partial charge on any atom is -0.478 e. The monoisotopic (exact) mass is 274 g/mol. The van der Waals surface area contributed by atoms with Gasteiger partial charge in [0.05, 0.1) is 5.56 Å². The summed E-state index contributed by atoms with van der Waals surface area (Å²) < 4.78 is 5.72. The molecule has 5 heteroatoms. The van der Waals surface area contributed by atoms with Crippen molar-refractivity contribution < 1.29 is 14.3 Å². The lowest BCUT2D eigenvalue weighted by molar-refractivity contribution is 0.0697. The molecule has 1 aromatic heterocycles. The molecule has 0 bridgehead atoms. The molecule has 1 aliphatic heterocycles. The fourth-order valence-electron chi connectivity index (χ4n) is 2.71. The standard InChI is InChI=1S/C15H18N2O3/c1-2-10-5-7-17(8-6-10)15-16-12-4-3-11(14(18)19)9-13(12)20-15/h3-4,9-10H,2,5-8H2,1H3,(H,18,19). The number of carboxylic acids is 1. The molecule has 2 aromatic rings. The van der Waals surface area contributed by atoms with Crippen molar-refractivity contribution in [1.82, 2.24) is 4.98 Å². The first-order valence-corrected chi connectivity index (χ1v) is 7.06. The summed E-state index contributed by atoms with van der Waals surface area (Å²) in [6.45, 7) is 4.14. The lowest BCUT2D eigenvalue weighted by Gasteiger charge is -2.30. The van der Waals surface area contributed by atoms with Crippen LogP contribution in [0.2, 0.25) is 0 Å². The number of aromatic carboxylic acids is 1. The molecule has 3 rings (SSSR count). The Labute approximate surface area is 117 Å². The number of hydrogen-bond donors (Lipinski definition) is 1. The van der Waals surface area contributed by atoms with Crippen molar-refractivity contribution >= 4 is 23.1 Å². The summed E-state index contributed by atoms with van der Waals surface area (Å²) in [5, 5.41) is 8.98. The number of piperidine rings is 1. The minimum absolute atomic E-state index is 0.227. The molecule has 5 nitrogen and oxygen atoms in total. The maximum atomic E-state index is 10.9. The lowest BCUT2D eigenvalue weighted by atomic mass is 9.95. The quantitative estimate of drug-likeness (QED) is 0.931. The molecule has 1 aliphatic rings. The Kier molecular flexibility index (Phi) is 3.34. The molecule has 0 radical (unpaired) electrons. The van der Waals surface area contributed by atoms with Gasteiger partial charge in [0.2, 0.25) is 0 Å². The zero-order valence-corrected chi connectivity index (χ0v) is 11.5. The average molecular weight is 274 g/mol.